The number of aromatic hydroxyl groups is 1. The first kappa shape index (κ1) is 17.8. The van der Waals surface area contributed by atoms with E-state index in [0.29, 0.717) is 18.1 Å². The molecule has 2 heterocycles. The van der Waals surface area contributed by atoms with Gasteiger partial charge in [-0.05, 0) is 29.0 Å². The van der Waals surface area contributed by atoms with Crippen molar-refractivity contribution in [3.05, 3.63) is 84.7 Å². The number of anilines is 1. The Labute approximate surface area is 172 Å². The minimum Gasteiger partial charge on any atom is -0.507 e. The van der Waals surface area contributed by atoms with Crippen molar-refractivity contribution in [2.24, 2.45) is 0 Å². The van der Waals surface area contributed by atoms with E-state index in [2.05, 4.69) is 48.9 Å². The topological polar surface area (TPSA) is 99.6 Å². The predicted molar refractivity (Wildman–Crippen MR) is 116 cm³/mol. The number of benzene rings is 3. The Morgan fingerprint density at radius 2 is 1.70 bits per heavy atom. The molecule has 0 bridgehead atoms. The molecule has 0 fully saturated rings. The normalized spacial score (nSPS) is 10.9. The standard InChI is InChI=1S/C23H18N6O/c30-22-11-4-3-9-19(22)20-12-16(27-28-20)13-24-23-26-21(14-25-29-23)18-10-5-7-15-6-1-2-8-17(15)18/h1-12,14,30H,13H2,(H,27,28)(H,24,26,29). The van der Waals surface area contributed by atoms with Crippen LogP contribution in [0, 0.1) is 0 Å². The van der Waals surface area contributed by atoms with Crippen molar-refractivity contribution >= 4 is 16.7 Å². The van der Waals surface area contributed by atoms with Crippen molar-refractivity contribution in [2.45, 2.75) is 6.54 Å². The summed E-state index contributed by atoms with van der Waals surface area (Å²) < 4.78 is 0. The lowest BCUT2D eigenvalue weighted by Crippen LogP contribution is -2.05. The molecule has 0 unspecified atom stereocenters. The highest BCUT2D eigenvalue weighted by Gasteiger charge is 2.10. The van der Waals surface area contributed by atoms with Crippen LogP contribution in [0.15, 0.2) is 79.0 Å². The van der Waals surface area contributed by atoms with Crippen LogP contribution in [0.2, 0.25) is 0 Å². The van der Waals surface area contributed by atoms with Gasteiger partial charge >= 0.3 is 0 Å². The lowest BCUT2D eigenvalue weighted by molar-refractivity contribution is 0.477. The maximum Gasteiger partial charge on any atom is 0.243 e. The molecule has 7 heteroatoms. The Bertz CT molecular complexity index is 1320. The smallest absolute Gasteiger partial charge is 0.243 e. The van der Waals surface area contributed by atoms with Gasteiger partial charge in [0.1, 0.15) is 5.75 Å². The fourth-order valence-electron chi connectivity index (χ4n) is 3.42. The van der Waals surface area contributed by atoms with E-state index < -0.39 is 0 Å². The summed E-state index contributed by atoms with van der Waals surface area (Å²) in [5.74, 6) is 0.628. The zero-order valence-corrected chi connectivity index (χ0v) is 15.9. The van der Waals surface area contributed by atoms with E-state index in [1.165, 1.54) is 0 Å². The molecule has 0 aliphatic heterocycles. The minimum atomic E-state index is 0.205. The molecule has 0 aliphatic carbocycles. The number of phenols is 1. The van der Waals surface area contributed by atoms with Gasteiger partial charge in [-0.15, -0.1) is 5.10 Å². The Hall–Kier alpha value is -4.26. The predicted octanol–water partition coefficient (Wildman–Crippen LogP) is 4.40. The molecule has 5 rings (SSSR count). The average molecular weight is 394 g/mol. The summed E-state index contributed by atoms with van der Waals surface area (Å²) in [6, 6.07) is 23.3. The molecule has 5 aromatic rings. The van der Waals surface area contributed by atoms with Gasteiger partial charge in [0, 0.05) is 11.1 Å². The summed E-state index contributed by atoms with van der Waals surface area (Å²) in [7, 11) is 0. The van der Waals surface area contributed by atoms with Gasteiger partial charge in [-0.25, -0.2) is 4.98 Å². The molecule has 0 amide bonds. The average Bonchev–Trinajstić information content (AvgIpc) is 3.27. The van der Waals surface area contributed by atoms with E-state index in [9.17, 15) is 5.11 Å². The van der Waals surface area contributed by atoms with Gasteiger partial charge in [-0.1, -0.05) is 54.6 Å². The number of phenolic OH excluding ortho intramolecular Hbond substituents is 1. The van der Waals surface area contributed by atoms with Gasteiger partial charge in [0.25, 0.3) is 0 Å². The number of nitrogens with zero attached hydrogens (tertiary/aromatic N) is 4. The van der Waals surface area contributed by atoms with Crippen LogP contribution in [0.4, 0.5) is 5.95 Å². The first-order valence-corrected chi connectivity index (χ1v) is 9.52. The maximum atomic E-state index is 10.0. The largest absolute Gasteiger partial charge is 0.507 e. The third-order valence-corrected chi connectivity index (χ3v) is 4.88. The summed E-state index contributed by atoms with van der Waals surface area (Å²) >= 11 is 0. The van der Waals surface area contributed by atoms with Crippen molar-refractivity contribution in [3.8, 4) is 28.3 Å². The lowest BCUT2D eigenvalue weighted by atomic mass is 10.0. The maximum absolute atomic E-state index is 10.0. The third kappa shape index (κ3) is 3.44. The quantitative estimate of drug-likeness (QED) is 0.409. The van der Waals surface area contributed by atoms with E-state index in [4.69, 9.17) is 0 Å². The number of rotatable bonds is 5. The van der Waals surface area contributed by atoms with Gasteiger partial charge in [0.2, 0.25) is 5.95 Å². The molecule has 0 spiro atoms. The van der Waals surface area contributed by atoms with Crippen LogP contribution >= 0.6 is 0 Å². The zero-order valence-electron chi connectivity index (χ0n) is 15.9. The Kier molecular flexibility index (Phi) is 4.53. The summed E-state index contributed by atoms with van der Waals surface area (Å²) in [4.78, 5) is 4.62. The first-order valence-electron chi connectivity index (χ1n) is 9.52. The molecule has 146 valence electrons. The van der Waals surface area contributed by atoms with E-state index in [0.717, 1.165) is 33.4 Å². The van der Waals surface area contributed by atoms with Crippen molar-refractivity contribution in [2.75, 3.05) is 5.32 Å². The number of para-hydroxylation sites is 1. The molecule has 0 atom stereocenters. The highest BCUT2D eigenvalue weighted by Crippen LogP contribution is 2.28. The highest BCUT2D eigenvalue weighted by molar-refractivity contribution is 5.95. The molecule has 2 aromatic heterocycles. The molecule has 0 saturated heterocycles. The number of hydrogen-bond donors (Lipinski definition) is 3. The van der Waals surface area contributed by atoms with Crippen LogP contribution in [0.3, 0.4) is 0 Å². The molecule has 7 nitrogen and oxygen atoms in total. The van der Waals surface area contributed by atoms with Gasteiger partial charge in [0.15, 0.2) is 0 Å². The van der Waals surface area contributed by atoms with Crippen LogP contribution in [-0.2, 0) is 6.54 Å². The van der Waals surface area contributed by atoms with Crippen LogP contribution in [-0.4, -0.2) is 30.5 Å². The van der Waals surface area contributed by atoms with Crippen LogP contribution in [0.25, 0.3) is 33.3 Å². The van der Waals surface area contributed by atoms with Crippen LogP contribution in [0.5, 0.6) is 5.75 Å². The summed E-state index contributed by atoms with van der Waals surface area (Å²) in [5, 5.41) is 30.9. The second kappa shape index (κ2) is 7.63. The number of H-pyrrole nitrogens is 1. The third-order valence-electron chi connectivity index (χ3n) is 4.88. The minimum absolute atomic E-state index is 0.205. The highest BCUT2D eigenvalue weighted by atomic mass is 16.3. The fourth-order valence-corrected chi connectivity index (χ4v) is 3.42. The Balaban J connectivity index is 1.37. The molecule has 3 aromatic carbocycles. The van der Waals surface area contributed by atoms with Gasteiger partial charge in [0.05, 0.1) is 29.8 Å². The van der Waals surface area contributed by atoms with Crippen molar-refractivity contribution in [3.63, 3.8) is 0 Å². The summed E-state index contributed by atoms with van der Waals surface area (Å²) in [6.07, 6.45) is 1.66. The van der Waals surface area contributed by atoms with Crippen LogP contribution in [0.1, 0.15) is 5.69 Å². The number of fused-ring (bicyclic) bond motifs is 1. The van der Waals surface area contributed by atoms with Crippen LogP contribution < -0.4 is 5.32 Å². The van der Waals surface area contributed by atoms with Crippen molar-refractivity contribution < 1.29 is 5.11 Å². The molecule has 0 saturated carbocycles. The van der Waals surface area contributed by atoms with Crippen molar-refractivity contribution in [1.82, 2.24) is 25.4 Å². The lowest BCUT2D eigenvalue weighted by Gasteiger charge is -2.07. The van der Waals surface area contributed by atoms with E-state index in [1.54, 1.807) is 18.3 Å². The summed E-state index contributed by atoms with van der Waals surface area (Å²) in [6.45, 7) is 0.421. The van der Waals surface area contributed by atoms with Gasteiger partial charge < -0.3 is 10.4 Å². The number of nitrogens with one attached hydrogen (secondary N) is 2. The van der Waals surface area contributed by atoms with Gasteiger partial charge in [-0.2, -0.15) is 10.2 Å². The second-order valence-corrected chi connectivity index (χ2v) is 6.84. The number of aromatic nitrogens is 5. The molecule has 3 N–H and O–H groups in total. The fraction of sp³-hybridized carbons (Fsp3) is 0.0435. The monoisotopic (exact) mass is 394 g/mol. The molecule has 0 aliphatic rings. The molecular weight excluding hydrogens is 376 g/mol. The first-order chi connectivity index (χ1) is 14.8. The molecule has 30 heavy (non-hydrogen) atoms. The van der Waals surface area contributed by atoms with E-state index >= 15 is 0 Å². The Morgan fingerprint density at radius 1 is 0.900 bits per heavy atom. The Morgan fingerprint density at radius 3 is 2.63 bits per heavy atom. The SMILES string of the molecule is Oc1ccccc1-c1cc(CNc2nncc(-c3cccc4ccccc34)n2)n[nH]1. The van der Waals surface area contributed by atoms with Crippen molar-refractivity contribution in [1.29, 1.82) is 0 Å². The second-order valence-electron chi connectivity index (χ2n) is 6.84. The summed E-state index contributed by atoms with van der Waals surface area (Å²) in [5.41, 5.74) is 3.97. The van der Waals surface area contributed by atoms with Gasteiger partial charge in [-0.3, -0.25) is 5.10 Å². The van der Waals surface area contributed by atoms with E-state index in [-0.39, 0.29) is 5.75 Å². The molecular formula is C23H18N6O. The zero-order chi connectivity index (χ0) is 20.3. The molecule has 0 radical (unpaired) electrons. The number of hydrogen-bond acceptors (Lipinski definition) is 6. The van der Waals surface area contributed by atoms with E-state index in [1.807, 2.05) is 42.5 Å². The number of aromatic amines is 1.